The molecule has 0 amide bonds. The summed E-state index contributed by atoms with van der Waals surface area (Å²) < 4.78 is 15.3. The van der Waals surface area contributed by atoms with Crippen molar-refractivity contribution in [1.29, 1.82) is 0 Å². The van der Waals surface area contributed by atoms with Crippen LogP contribution in [0.1, 0.15) is 66.2 Å². The first kappa shape index (κ1) is 14.2. The summed E-state index contributed by atoms with van der Waals surface area (Å²) in [6.07, 6.45) is 7.80. The molecule has 1 fully saturated rings. The van der Waals surface area contributed by atoms with Crippen molar-refractivity contribution in [3.05, 3.63) is 0 Å². The minimum absolute atomic E-state index is 0.151. The van der Waals surface area contributed by atoms with Crippen molar-refractivity contribution < 1.29 is 4.21 Å². The van der Waals surface area contributed by atoms with Crippen LogP contribution in [0, 0.1) is 5.92 Å². The fourth-order valence-electron chi connectivity index (χ4n) is 2.36. The van der Waals surface area contributed by atoms with Gasteiger partial charge in [-0.15, -0.1) is 0 Å². The van der Waals surface area contributed by atoms with Crippen LogP contribution in [0.4, 0.5) is 0 Å². The predicted molar refractivity (Wildman–Crippen MR) is 71.7 cm³/mol. The van der Waals surface area contributed by atoms with Gasteiger partial charge in [-0.3, -0.25) is 0 Å². The number of hydrogen-bond donors (Lipinski definition) is 1. The van der Waals surface area contributed by atoms with Crippen molar-refractivity contribution >= 4 is 11.0 Å². The minimum atomic E-state index is -0.919. The second kappa shape index (κ2) is 6.15. The molecule has 1 saturated carbocycles. The zero-order valence-electron chi connectivity index (χ0n) is 11.2. The summed E-state index contributed by atoms with van der Waals surface area (Å²) in [7, 11) is -0.919. The molecule has 0 aromatic heterocycles. The molecule has 0 radical (unpaired) electrons. The Labute approximate surface area is 103 Å². The van der Waals surface area contributed by atoms with E-state index in [9.17, 15) is 4.21 Å². The standard InChI is InChI=1S/C13H27NOS/c1-5-12(11-9-7-6-8-10-11)14-16(15)13(2,3)4/h11-12,14H,5-10H2,1-4H3/t12-,16-/m1/s1. The average molecular weight is 245 g/mol. The number of nitrogens with one attached hydrogen (secondary N) is 1. The quantitative estimate of drug-likeness (QED) is 0.808. The van der Waals surface area contributed by atoms with E-state index in [2.05, 4.69) is 11.6 Å². The molecule has 1 rings (SSSR count). The van der Waals surface area contributed by atoms with Crippen LogP contribution in [-0.2, 0) is 11.0 Å². The van der Waals surface area contributed by atoms with E-state index in [4.69, 9.17) is 0 Å². The van der Waals surface area contributed by atoms with E-state index in [-0.39, 0.29) is 4.75 Å². The molecule has 2 atom stereocenters. The summed E-state index contributed by atoms with van der Waals surface area (Å²) in [4.78, 5) is 0. The molecular formula is C13H27NOS. The summed E-state index contributed by atoms with van der Waals surface area (Å²) in [6, 6.07) is 0.445. The monoisotopic (exact) mass is 245 g/mol. The zero-order chi connectivity index (χ0) is 12.2. The highest BCUT2D eigenvalue weighted by molar-refractivity contribution is 7.84. The third-order valence-corrected chi connectivity index (χ3v) is 5.10. The molecule has 0 spiro atoms. The molecule has 1 aliphatic carbocycles. The van der Waals surface area contributed by atoms with E-state index in [1.165, 1.54) is 32.1 Å². The van der Waals surface area contributed by atoms with Gasteiger partial charge in [0.25, 0.3) is 0 Å². The normalized spacial score (nSPS) is 23.0. The van der Waals surface area contributed by atoms with Crippen LogP contribution >= 0.6 is 0 Å². The second-order valence-corrected chi connectivity index (χ2v) is 7.91. The van der Waals surface area contributed by atoms with E-state index in [0.29, 0.717) is 6.04 Å². The topological polar surface area (TPSA) is 29.1 Å². The van der Waals surface area contributed by atoms with Gasteiger partial charge < -0.3 is 0 Å². The van der Waals surface area contributed by atoms with E-state index in [0.717, 1.165) is 12.3 Å². The fraction of sp³-hybridized carbons (Fsp3) is 1.00. The van der Waals surface area contributed by atoms with Crippen molar-refractivity contribution in [3.8, 4) is 0 Å². The van der Waals surface area contributed by atoms with Gasteiger partial charge in [-0.25, -0.2) is 8.93 Å². The maximum Gasteiger partial charge on any atom is 0.0972 e. The molecule has 2 nitrogen and oxygen atoms in total. The molecule has 0 aromatic carbocycles. The summed E-state index contributed by atoms with van der Waals surface area (Å²) in [6.45, 7) is 8.29. The molecule has 0 heterocycles. The molecular weight excluding hydrogens is 218 g/mol. The summed E-state index contributed by atoms with van der Waals surface area (Å²) >= 11 is 0. The second-order valence-electron chi connectivity index (χ2n) is 5.91. The Morgan fingerprint density at radius 2 is 1.81 bits per heavy atom. The minimum Gasteiger partial charge on any atom is -0.242 e. The van der Waals surface area contributed by atoms with Crippen molar-refractivity contribution in [2.75, 3.05) is 0 Å². The zero-order valence-corrected chi connectivity index (χ0v) is 12.0. The Morgan fingerprint density at radius 3 is 2.25 bits per heavy atom. The van der Waals surface area contributed by atoms with Gasteiger partial charge >= 0.3 is 0 Å². The van der Waals surface area contributed by atoms with E-state index in [1.807, 2.05) is 20.8 Å². The van der Waals surface area contributed by atoms with Gasteiger partial charge in [0.1, 0.15) is 0 Å². The predicted octanol–water partition coefficient (Wildman–Crippen LogP) is 3.40. The van der Waals surface area contributed by atoms with Crippen molar-refractivity contribution in [3.63, 3.8) is 0 Å². The Morgan fingerprint density at radius 1 is 1.25 bits per heavy atom. The average Bonchev–Trinajstić information content (AvgIpc) is 2.25. The van der Waals surface area contributed by atoms with Gasteiger partial charge in [0.05, 0.1) is 15.7 Å². The Bertz CT molecular complexity index is 229. The Balaban J connectivity index is 2.50. The van der Waals surface area contributed by atoms with E-state index < -0.39 is 11.0 Å². The van der Waals surface area contributed by atoms with Crippen LogP contribution in [0.15, 0.2) is 0 Å². The molecule has 3 heteroatoms. The molecule has 16 heavy (non-hydrogen) atoms. The lowest BCUT2D eigenvalue weighted by molar-refractivity contribution is 0.287. The largest absolute Gasteiger partial charge is 0.242 e. The van der Waals surface area contributed by atoms with Gasteiger partial charge in [-0.05, 0) is 46.0 Å². The SMILES string of the molecule is CC[C@@H](N[S@](=O)C(C)(C)C)C1CCCCC1. The van der Waals surface area contributed by atoms with E-state index >= 15 is 0 Å². The van der Waals surface area contributed by atoms with Gasteiger partial charge in [-0.1, -0.05) is 26.2 Å². The van der Waals surface area contributed by atoms with Gasteiger partial charge in [0, 0.05) is 6.04 Å². The number of hydrogen-bond acceptors (Lipinski definition) is 1. The third-order valence-electron chi connectivity index (χ3n) is 3.47. The molecule has 96 valence electrons. The highest BCUT2D eigenvalue weighted by Gasteiger charge is 2.27. The fourth-order valence-corrected chi connectivity index (χ4v) is 3.35. The smallest absolute Gasteiger partial charge is 0.0972 e. The van der Waals surface area contributed by atoms with Crippen molar-refractivity contribution in [1.82, 2.24) is 4.72 Å². The van der Waals surface area contributed by atoms with Gasteiger partial charge in [0.15, 0.2) is 0 Å². The third kappa shape index (κ3) is 4.17. The maximum atomic E-state index is 12.1. The molecule has 0 aromatic rings. The van der Waals surface area contributed by atoms with Crippen LogP contribution in [0.2, 0.25) is 0 Å². The lowest BCUT2D eigenvalue weighted by Gasteiger charge is -2.32. The molecule has 0 saturated heterocycles. The van der Waals surface area contributed by atoms with Gasteiger partial charge in [0.2, 0.25) is 0 Å². The first-order valence-electron chi connectivity index (χ1n) is 6.63. The Kier molecular flexibility index (Phi) is 5.45. The molecule has 0 bridgehead atoms. The summed E-state index contributed by atoms with van der Waals surface area (Å²) in [5.74, 6) is 0.741. The van der Waals surface area contributed by atoms with Gasteiger partial charge in [-0.2, -0.15) is 0 Å². The molecule has 1 N–H and O–H groups in total. The van der Waals surface area contributed by atoms with Crippen molar-refractivity contribution in [2.24, 2.45) is 5.92 Å². The molecule has 0 aliphatic heterocycles. The highest BCUT2D eigenvalue weighted by Crippen LogP contribution is 2.28. The number of rotatable bonds is 4. The van der Waals surface area contributed by atoms with Crippen LogP contribution < -0.4 is 4.72 Å². The highest BCUT2D eigenvalue weighted by atomic mass is 32.2. The van der Waals surface area contributed by atoms with Crippen LogP contribution in [0.5, 0.6) is 0 Å². The Hall–Kier alpha value is 0.110. The maximum absolute atomic E-state index is 12.1. The van der Waals surface area contributed by atoms with Crippen LogP contribution in [-0.4, -0.2) is 15.0 Å². The van der Waals surface area contributed by atoms with Crippen LogP contribution in [0.3, 0.4) is 0 Å². The van der Waals surface area contributed by atoms with Crippen LogP contribution in [0.25, 0.3) is 0 Å². The van der Waals surface area contributed by atoms with Crippen molar-refractivity contribution in [2.45, 2.75) is 77.0 Å². The lowest BCUT2D eigenvalue weighted by atomic mass is 9.83. The molecule has 1 aliphatic rings. The summed E-state index contributed by atoms with van der Waals surface area (Å²) in [5, 5.41) is 0. The summed E-state index contributed by atoms with van der Waals surface area (Å²) in [5.41, 5.74) is 0. The first-order valence-corrected chi connectivity index (χ1v) is 7.78. The van der Waals surface area contributed by atoms with E-state index in [1.54, 1.807) is 0 Å². The first-order chi connectivity index (χ1) is 7.45. The lowest BCUT2D eigenvalue weighted by Crippen LogP contribution is -2.43. The molecule has 0 unspecified atom stereocenters.